The van der Waals surface area contributed by atoms with Gasteiger partial charge in [0.1, 0.15) is 0 Å². The Labute approximate surface area is 120 Å². The van der Waals surface area contributed by atoms with Crippen molar-refractivity contribution in [3.63, 3.8) is 0 Å². The van der Waals surface area contributed by atoms with E-state index in [2.05, 4.69) is 51.8 Å². The van der Waals surface area contributed by atoms with E-state index in [1.807, 2.05) is 0 Å². The van der Waals surface area contributed by atoms with E-state index in [1.54, 1.807) is 0 Å². The van der Waals surface area contributed by atoms with Gasteiger partial charge in [-0.1, -0.05) is 27.7 Å². The molecule has 1 saturated heterocycles. The number of hydrogen-bond acceptors (Lipinski definition) is 3. The Morgan fingerprint density at radius 1 is 1.32 bits per heavy atom. The first-order chi connectivity index (χ1) is 8.77. The molecular formula is C16H34N2O. The second-order valence-corrected chi connectivity index (χ2v) is 7.51. The fourth-order valence-corrected chi connectivity index (χ4v) is 2.75. The van der Waals surface area contributed by atoms with Crippen LogP contribution in [0.3, 0.4) is 0 Å². The standard InChI is InChI=1S/C16H34N2O/c1-7-9-17-14(15(2,3)4)8-10-18-11-12-19-13-16(18,5)6/h14,17H,7-13H2,1-6H3. The van der Waals surface area contributed by atoms with Gasteiger partial charge in [0.05, 0.1) is 13.2 Å². The third kappa shape index (κ3) is 5.41. The van der Waals surface area contributed by atoms with E-state index in [-0.39, 0.29) is 5.54 Å². The van der Waals surface area contributed by atoms with Gasteiger partial charge >= 0.3 is 0 Å². The first kappa shape index (κ1) is 16.9. The van der Waals surface area contributed by atoms with Gasteiger partial charge in [-0.2, -0.15) is 0 Å². The molecule has 0 amide bonds. The van der Waals surface area contributed by atoms with Crippen LogP contribution < -0.4 is 5.32 Å². The predicted molar refractivity (Wildman–Crippen MR) is 82.6 cm³/mol. The number of hydrogen-bond donors (Lipinski definition) is 1. The molecule has 1 atom stereocenters. The average Bonchev–Trinajstić information content (AvgIpc) is 2.29. The summed E-state index contributed by atoms with van der Waals surface area (Å²) in [4.78, 5) is 2.59. The zero-order chi connectivity index (χ0) is 14.5. The topological polar surface area (TPSA) is 24.5 Å². The van der Waals surface area contributed by atoms with E-state index < -0.39 is 0 Å². The number of ether oxygens (including phenoxy) is 1. The fourth-order valence-electron chi connectivity index (χ4n) is 2.75. The minimum atomic E-state index is 0.186. The van der Waals surface area contributed by atoms with Crippen molar-refractivity contribution in [2.45, 2.75) is 66.0 Å². The lowest BCUT2D eigenvalue weighted by atomic mass is 9.84. The van der Waals surface area contributed by atoms with Crippen molar-refractivity contribution in [3.8, 4) is 0 Å². The first-order valence-electron chi connectivity index (χ1n) is 7.83. The highest BCUT2D eigenvalue weighted by Gasteiger charge is 2.32. The molecule has 0 aliphatic carbocycles. The third-order valence-corrected chi connectivity index (χ3v) is 4.19. The zero-order valence-electron chi connectivity index (χ0n) is 13.9. The highest BCUT2D eigenvalue weighted by molar-refractivity contribution is 4.87. The van der Waals surface area contributed by atoms with E-state index in [1.165, 1.54) is 12.8 Å². The van der Waals surface area contributed by atoms with Gasteiger partial charge in [-0.05, 0) is 38.6 Å². The molecule has 0 radical (unpaired) electrons. The summed E-state index contributed by atoms with van der Waals surface area (Å²) < 4.78 is 5.60. The van der Waals surface area contributed by atoms with Crippen LogP contribution in [0.25, 0.3) is 0 Å². The quantitative estimate of drug-likeness (QED) is 0.803. The summed E-state index contributed by atoms with van der Waals surface area (Å²) in [6.07, 6.45) is 2.42. The largest absolute Gasteiger partial charge is 0.378 e. The third-order valence-electron chi connectivity index (χ3n) is 4.19. The molecule has 0 aromatic heterocycles. The SMILES string of the molecule is CCCNC(CCN1CCOCC1(C)C)C(C)(C)C. The Bertz CT molecular complexity index is 258. The van der Waals surface area contributed by atoms with Crippen LogP contribution in [-0.4, -0.2) is 49.3 Å². The summed E-state index contributed by atoms with van der Waals surface area (Å²) in [5, 5.41) is 3.72. The number of rotatable bonds is 6. The van der Waals surface area contributed by atoms with Crippen molar-refractivity contribution < 1.29 is 4.74 Å². The summed E-state index contributed by atoms with van der Waals surface area (Å²) in [6, 6.07) is 0.589. The molecule has 1 heterocycles. The van der Waals surface area contributed by atoms with Gasteiger partial charge < -0.3 is 10.1 Å². The molecule has 19 heavy (non-hydrogen) atoms. The second-order valence-electron chi connectivity index (χ2n) is 7.51. The lowest BCUT2D eigenvalue weighted by Crippen LogP contribution is -2.54. The lowest BCUT2D eigenvalue weighted by molar-refractivity contribution is -0.0532. The molecular weight excluding hydrogens is 236 g/mol. The van der Waals surface area contributed by atoms with Crippen LogP contribution in [0.15, 0.2) is 0 Å². The van der Waals surface area contributed by atoms with Crippen LogP contribution in [0.5, 0.6) is 0 Å². The van der Waals surface area contributed by atoms with E-state index in [4.69, 9.17) is 4.74 Å². The van der Waals surface area contributed by atoms with Gasteiger partial charge in [0.15, 0.2) is 0 Å². The van der Waals surface area contributed by atoms with Gasteiger partial charge in [0.25, 0.3) is 0 Å². The van der Waals surface area contributed by atoms with Crippen LogP contribution in [0.1, 0.15) is 54.4 Å². The lowest BCUT2D eigenvalue weighted by Gasteiger charge is -2.43. The average molecular weight is 270 g/mol. The van der Waals surface area contributed by atoms with Crippen molar-refractivity contribution in [2.24, 2.45) is 5.41 Å². The van der Waals surface area contributed by atoms with Crippen LogP contribution in [0.2, 0.25) is 0 Å². The first-order valence-corrected chi connectivity index (χ1v) is 7.83. The smallest absolute Gasteiger partial charge is 0.0645 e. The molecule has 1 unspecified atom stereocenters. The fraction of sp³-hybridized carbons (Fsp3) is 1.00. The highest BCUT2D eigenvalue weighted by Crippen LogP contribution is 2.25. The Hall–Kier alpha value is -0.120. The summed E-state index contributed by atoms with van der Waals surface area (Å²) in [6.45, 7) is 18.9. The monoisotopic (exact) mass is 270 g/mol. The maximum atomic E-state index is 5.60. The van der Waals surface area contributed by atoms with Crippen molar-refractivity contribution >= 4 is 0 Å². The zero-order valence-corrected chi connectivity index (χ0v) is 13.9. The van der Waals surface area contributed by atoms with Gasteiger partial charge in [0, 0.05) is 24.7 Å². The molecule has 0 spiro atoms. The summed E-state index contributed by atoms with van der Waals surface area (Å²) in [7, 11) is 0. The normalized spacial score (nSPS) is 22.4. The molecule has 0 bridgehead atoms. The molecule has 1 N–H and O–H groups in total. The van der Waals surface area contributed by atoms with E-state index in [0.717, 1.165) is 32.8 Å². The molecule has 1 fully saturated rings. The second kappa shape index (κ2) is 7.05. The molecule has 1 aliphatic heterocycles. The van der Waals surface area contributed by atoms with Gasteiger partial charge in [-0.15, -0.1) is 0 Å². The van der Waals surface area contributed by atoms with E-state index in [0.29, 0.717) is 11.5 Å². The maximum absolute atomic E-state index is 5.60. The number of morpholine rings is 1. The molecule has 114 valence electrons. The van der Waals surface area contributed by atoms with Crippen molar-refractivity contribution in [1.29, 1.82) is 0 Å². The molecule has 0 aromatic rings. The summed E-state index contributed by atoms with van der Waals surface area (Å²) in [5.41, 5.74) is 0.511. The van der Waals surface area contributed by atoms with E-state index in [9.17, 15) is 0 Å². The Kier molecular flexibility index (Phi) is 6.28. The van der Waals surface area contributed by atoms with Crippen molar-refractivity contribution in [3.05, 3.63) is 0 Å². The summed E-state index contributed by atoms with van der Waals surface area (Å²) >= 11 is 0. The number of nitrogens with one attached hydrogen (secondary N) is 1. The Morgan fingerprint density at radius 3 is 2.53 bits per heavy atom. The van der Waals surface area contributed by atoms with Crippen LogP contribution in [-0.2, 0) is 4.74 Å². The van der Waals surface area contributed by atoms with Crippen LogP contribution in [0.4, 0.5) is 0 Å². The highest BCUT2D eigenvalue weighted by atomic mass is 16.5. The summed E-state index contributed by atoms with van der Waals surface area (Å²) in [5.74, 6) is 0. The van der Waals surface area contributed by atoms with Crippen LogP contribution >= 0.6 is 0 Å². The predicted octanol–water partition coefficient (Wildman–Crippen LogP) is 2.90. The van der Waals surface area contributed by atoms with Crippen LogP contribution in [0, 0.1) is 5.41 Å². The van der Waals surface area contributed by atoms with Gasteiger partial charge in [0.2, 0.25) is 0 Å². The Balaban J connectivity index is 2.50. The molecule has 3 heteroatoms. The van der Waals surface area contributed by atoms with Crippen molar-refractivity contribution in [1.82, 2.24) is 10.2 Å². The minimum absolute atomic E-state index is 0.186. The minimum Gasteiger partial charge on any atom is -0.378 e. The van der Waals surface area contributed by atoms with Gasteiger partial charge in [-0.3, -0.25) is 4.90 Å². The van der Waals surface area contributed by atoms with Crippen molar-refractivity contribution in [2.75, 3.05) is 32.8 Å². The molecule has 0 saturated carbocycles. The molecule has 3 nitrogen and oxygen atoms in total. The number of nitrogens with zero attached hydrogens (tertiary/aromatic N) is 1. The molecule has 1 aliphatic rings. The maximum Gasteiger partial charge on any atom is 0.0645 e. The molecule has 0 aromatic carbocycles. The Morgan fingerprint density at radius 2 is 2.00 bits per heavy atom. The molecule has 1 rings (SSSR count). The van der Waals surface area contributed by atoms with Gasteiger partial charge in [-0.25, -0.2) is 0 Å². The van der Waals surface area contributed by atoms with E-state index >= 15 is 0 Å².